The minimum Gasteiger partial charge on any atom is -0.477 e. The van der Waals surface area contributed by atoms with Crippen molar-refractivity contribution < 1.29 is 19.4 Å². The van der Waals surface area contributed by atoms with Gasteiger partial charge in [0.1, 0.15) is 11.2 Å². The molecular formula is C14H14FN3O4. The van der Waals surface area contributed by atoms with Crippen LogP contribution < -0.4 is 10.3 Å². The van der Waals surface area contributed by atoms with Crippen molar-refractivity contribution in [2.45, 2.75) is 19.6 Å². The first-order chi connectivity index (χ1) is 10.4. The van der Waals surface area contributed by atoms with E-state index in [0.29, 0.717) is 6.54 Å². The molecule has 0 atom stereocenters. The van der Waals surface area contributed by atoms with Gasteiger partial charge in [-0.05, 0) is 13.0 Å². The highest BCUT2D eigenvalue weighted by Gasteiger charge is 2.29. The number of halogens is 1. The maximum atomic E-state index is 14.2. The largest absolute Gasteiger partial charge is 0.477 e. The van der Waals surface area contributed by atoms with E-state index in [-0.39, 0.29) is 29.9 Å². The predicted molar refractivity (Wildman–Crippen MR) is 76.8 cm³/mol. The summed E-state index contributed by atoms with van der Waals surface area (Å²) in [6, 6.07) is 1.02. The summed E-state index contributed by atoms with van der Waals surface area (Å²) in [6.45, 7) is 2.71. The molecule has 116 valence electrons. The number of aliphatic hydroxyl groups excluding tert-OH is 1. The lowest BCUT2D eigenvalue weighted by molar-refractivity contribution is 0.0694. The molecule has 1 aliphatic rings. The van der Waals surface area contributed by atoms with Crippen molar-refractivity contribution in [3.63, 3.8) is 0 Å². The van der Waals surface area contributed by atoms with Gasteiger partial charge in [-0.25, -0.2) is 14.2 Å². The van der Waals surface area contributed by atoms with E-state index in [1.54, 1.807) is 11.8 Å². The molecule has 2 aromatic heterocycles. The normalized spacial score (nSPS) is 15.1. The minimum absolute atomic E-state index is 0.0578. The minimum atomic E-state index is -1.36. The van der Waals surface area contributed by atoms with E-state index in [4.69, 9.17) is 5.11 Å². The van der Waals surface area contributed by atoms with Gasteiger partial charge in [0.25, 0.3) is 0 Å². The quantitative estimate of drug-likeness (QED) is 0.854. The first kappa shape index (κ1) is 14.5. The molecule has 0 saturated carbocycles. The number of hydrogen-bond acceptors (Lipinski definition) is 5. The number of hydrogen-bond donors (Lipinski definition) is 2. The number of anilines is 1. The summed E-state index contributed by atoms with van der Waals surface area (Å²) >= 11 is 0. The van der Waals surface area contributed by atoms with Crippen molar-refractivity contribution in [3.8, 4) is 0 Å². The fraction of sp³-hybridized carbons (Fsp3) is 0.357. The zero-order valence-corrected chi connectivity index (χ0v) is 11.8. The van der Waals surface area contributed by atoms with Crippen LogP contribution in [-0.2, 0) is 6.54 Å². The van der Waals surface area contributed by atoms with Crippen molar-refractivity contribution in [2.24, 2.45) is 0 Å². The van der Waals surface area contributed by atoms with Gasteiger partial charge in [0.2, 0.25) is 5.43 Å². The molecule has 0 amide bonds. The number of aromatic carboxylic acids is 1. The summed E-state index contributed by atoms with van der Waals surface area (Å²) in [5.74, 6) is -2.01. The number of pyridine rings is 2. The van der Waals surface area contributed by atoms with E-state index >= 15 is 0 Å². The van der Waals surface area contributed by atoms with Gasteiger partial charge >= 0.3 is 5.97 Å². The van der Waals surface area contributed by atoms with Gasteiger partial charge in [-0.15, -0.1) is 0 Å². The Kier molecular flexibility index (Phi) is 3.32. The molecule has 0 radical (unpaired) electrons. The predicted octanol–water partition coefficient (Wildman–Crippen LogP) is 0.435. The molecule has 0 unspecified atom stereocenters. The molecule has 3 rings (SSSR count). The highest BCUT2D eigenvalue weighted by atomic mass is 19.1. The van der Waals surface area contributed by atoms with Crippen LogP contribution in [0.1, 0.15) is 17.3 Å². The number of carboxylic acid groups (broad SMARTS) is 1. The first-order valence-electron chi connectivity index (χ1n) is 6.82. The van der Waals surface area contributed by atoms with E-state index in [9.17, 15) is 19.1 Å². The second-order valence-corrected chi connectivity index (χ2v) is 5.19. The molecule has 8 heteroatoms. The molecule has 2 aromatic rings. The van der Waals surface area contributed by atoms with Crippen LogP contribution in [0.4, 0.5) is 10.2 Å². The van der Waals surface area contributed by atoms with E-state index < -0.39 is 28.9 Å². The standard InChI is InChI=1S/C14H14FN3O4/c1-2-17-6-9(14(21)22)11(20)8-3-10(15)13(16-12(8)17)18-4-7(19)5-18/h3,6-7,19H,2,4-5H2,1H3,(H,21,22). The van der Waals surface area contributed by atoms with Crippen LogP contribution in [0.5, 0.6) is 0 Å². The van der Waals surface area contributed by atoms with Gasteiger partial charge in [-0.2, -0.15) is 0 Å². The number of aromatic nitrogens is 2. The van der Waals surface area contributed by atoms with Crippen molar-refractivity contribution in [3.05, 3.63) is 33.9 Å². The van der Waals surface area contributed by atoms with Gasteiger partial charge in [0.05, 0.1) is 11.5 Å². The van der Waals surface area contributed by atoms with Crippen molar-refractivity contribution >= 4 is 22.8 Å². The van der Waals surface area contributed by atoms with Gasteiger partial charge < -0.3 is 19.7 Å². The van der Waals surface area contributed by atoms with Crippen molar-refractivity contribution in [1.82, 2.24) is 9.55 Å². The summed E-state index contributed by atoms with van der Waals surface area (Å²) < 4.78 is 15.7. The van der Waals surface area contributed by atoms with E-state index in [2.05, 4.69) is 4.98 Å². The lowest BCUT2D eigenvalue weighted by Gasteiger charge is -2.37. The van der Waals surface area contributed by atoms with E-state index in [1.807, 2.05) is 0 Å². The van der Waals surface area contributed by atoms with Gasteiger partial charge in [-0.1, -0.05) is 0 Å². The number of aliphatic hydroxyl groups is 1. The maximum Gasteiger partial charge on any atom is 0.341 e. The van der Waals surface area contributed by atoms with Crippen molar-refractivity contribution in [1.29, 1.82) is 0 Å². The Morgan fingerprint density at radius 2 is 2.18 bits per heavy atom. The molecule has 1 saturated heterocycles. The summed E-state index contributed by atoms with van der Waals surface area (Å²) in [5.41, 5.74) is -0.938. The van der Waals surface area contributed by atoms with Crippen LogP contribution in [0.15, 0.2) is 17.1 Å². The van der Waals surface area contributed by atoms with Gasteiger partial charge in [0.15, 0.2) is 11.6 Å². The highest BCUT2D eigenvalue weighted by molar-refractivity contribution is 5.92. The first-order valence-corrected chi connectivity index (χ1v) is 6.82. The molecule has 0 spiro atoms. The number of rotatable bonds is 3. The number of aryl methyl sites for hydroxylation is 1. The molecule has 2 N–H and O–H groups in total. The Balaban J connectivity index is 2.26. The van der Waals surface area contributed by atoms with Crippen LogP contribution in [-0.4, -0.2) is 44.9 Å². The summed E-state index contributed by atoms with van der Waals surface area (Å²) in [6.07, 6.45) is 0.701. The number of fused-ring (bicyclic) bond motifs is 1. The Bertz CT molecular complexity index is 827. The Morgan fingerprint density at radius 1 is 1.50 bits per heavy atom. The summed E-state index contributed by atoms with van der Waals surface area (Å²) in [7, 11) is 0. The highest BCUT2D eigenvalue weighted by Crippen LogP contribution is 2.25. The van der Waals surface area contributed by atoms with E-state index in [0.717, 1.165) is 6.07 Å². The lowest BCUT2D eigenvalue weighted by atomic mass is 10.1. The van der Waals surface area contributed by atoms with Gasteiger partial charge in [0, 0.05) is 25.8 Å². The lowest BCUT2D eigenvalue weighted by Crippen LogP contribution is -2.51. The topological polar surface area (TPSA) is 95.7 Å². The molecule has 0 bridgehead atoms. The number of β-amino-alcohol motifs (C(OH)–C–C–N with tert-alkyl or cyclic N) is 1. The summed E-state index contributed by atoms with van der Waals surface area (Å²) in [5, 5.41) is 18.3. The number of nitrogens with zero attached hydrogens (tertiary/aromatic N) is 3. The zero-order valence-electron chi connectivity index (χ0n) is 11.8. The Labute approximate surface area is 124 Å². The third-order valence-corrected chi connectivity index (χ3v) is 3.72. The van der Waals surface area contributed by atoms with Crippen LogP contribution >= 0.6 is 0 Å². The average Bonchev–Trinajstić information content (AvgIpc) is 2.44. The molecule has 7 nitrogen and oxygen atoms in total. The molecule has 0 aromatic carbocycles. The molecular weight excluding hydrogens is 293 g/mol. The molecule has 1 aliphatic heterocycles. The molecule has 22 heavy (non-hydrogen) atoms. The van der Waals surface area contributed by atoms with Crippen LogP contribution in [0, 0.1) is 5.82 Å². The smallest absolute Gasteiger partial charge is 0.341 e. The molecule has 3 heterocycles. The molecule has 1 fully saturated rings. The van der Waals surface area contributed by atoms with Crippen molar-refractivity contribution in [2.75, 3.05) is 18.0 Å². The third kappa shape index (κ3) is 2.12. The van der Waals surface area contributed by atoms with E-state index in [1.165, 1.54) is 10.8 Å². The number of carboxylic acids is 1. The SMILES string of the molecule is CCn1cc(C(=O)O)c(=O)c2cc(F)c(N3CC(O)C3)nc21. The summed E-state index contributed by atoms with van der Waals surface area (Å²) in [4.78, 5) is 29.0. The Morgan fingerprint density at radius 3 is 2.73 bits per heavy atom. The Hall–Kier alpha value is -2.48. The van der Waals surface area contributed by atoms with Crippen LogP contribution in [0.25, 0.3) is 11.0 Å². The fourth-order valence-electron chi connectivity index (χ4n) is 2.52. The average molecular weight is 307 g/mol. The third-order valence-electron chi connectivity index (χ3n) is 3.72. The second-order valence-electron chi connectivity index (χ2n) is 5.19. The zero-order chi connectivity index (χ0) is 16.0. The monoisotopic (exact) mass is 307 g/mol. The van der Waals surface area contributed by atoms with Crippen LogP contribution in [0.2, 0.25) is 0 Å². The van der Waals surface area contributed by atoms with Crippen LogP contribution in [0.3, 0.4) is 0 Å². The number of carbonyl (C=O) groups is 1. The second kappa shape index (κ2) is 5.06. The maximum absolute atomic E-state index is 14.2. The van der Waals surface area contributed by atoms with Gasteiger partial charge in [-0.3, -0.25) is 4.79 Å². The molecule has 0 aliphatic carbocycles. The fourth-order valence-corrected chi connectivity index (χ4v) is 2.52.